The second kappa shape index (κ2) is 21.9. The van der Waals surface area contributed by atoms with E-state index in [1.54, 1.807) is 24.8 Å². The molecule has 0 spiro atoms. The van der Waals surface area contributed by atoms with E-state index in [0.29, 0.717) is 0 Å². The number of imidazole rings is 1. The molecule has 8 nitrogen and oxygen atoms in total. The molecule has 0 aliphatic rings. The molecule has 0 amide bonds. The van der Waals surface area contributed by atoms with E-state index in [0.717, 1.165) is 93.5 Å². The zero-order valence-electron chi connectivity index (χ0n) is 39.7. The van der Waals surface area contributed by atoms with Crippen LogP contribution in [0, 0.1) is 0 Å². The van der Waals surface area contributed by atoms with Crippen molar-refractivity contribution in [2.45, 2.75) is 26.2 Å². The maximum atomic E-state index is 5.46. The summed E-state index contributed by atoms with van der Waals surface area (Å²) < 4.78 is 2.33. The fourth-order valence-electron chi connectivity index (χ4n) is 9.57. The Morgan fingerprint density at radius 3 is 1.23 bits per heavy atom. The van der Waals surface area contributed by atoms with E-state index in [2.05, 4.69) is 185 Å². The molecule has 0 bridgehead atoms. The van der Waals surface area contributed by atoms with Gasteiger partial charge in [0.25, 0.3) is 0 Å². The summed E-state index contributed by atoms with van der Waals surface area (Å²) in [6.45, 7) is 6.75. The Hall–Kier alpha value is -7.18. The molecule has 0 fully saturated rings. The molecule has 0 saturated carbocycles. The average Bonchev–Trinajstić information content (AvgIpc) is 3.82. The maximum Gasteiger partial charge on any atom is 1.00 e. The average molecular weight is 1160 g/mol. The van der Waals surface area contributed by atoms with Crippen molar-refractivity contribution in [3.8, 4) is 17.1 Å². The normalized spacial score (nSPS) is 11.1. The standard InChI is InChI=1S/C37H28N4.2C12H8N2.2ClH.2Ru/c1-37(2,3)24-16-18-25(19-17-24)41-35-30-15-9-21-39-33(30)32-29(14-8-20-38-32)34(35)40-36(41)31-22-23-10-4-5-11-26(23)27-12-6-7-13-28(27)31;2*1-3-9-5-6-10-4-2-8-14-12(10)11(9)13-7-1;;;;/h4-22H,1-3H3;2*1-8H;2*1H;;/q;;;;;;+1/p-2. The van der Waals surface area contributed by atoms with Crippen LogP contribution < -0.4 is 24.8 Å². The first-order valence-electron chi connectivity index (χ1n) is 23.1. The summed E-state index contributed by atoms with van der Waals surface area (Å²) in [7, 11) is 0. The van der Waals surface area contributed by atoms with Gasteiger partial charge in [-0.1, -0.05) is 130 Å². The minimum atomic E-state index is 0. The Balaban J connectivity index is 0.000000182. The molecule has 1 radical (unpaired) electrons. The van der Waals surface area contributed by atoms with Gasteiger partial charge in [-0.3, -0.25) is 34.5 Å². The van der Waals surface area contributed by atoms with Gasteiger partial charge in [0.15, 0.2) is 0 Å². The number of fused-ring (bicyclic) bond motifs is 15. The van der Waals surface area contributed by atoms with Crippen molar-refractivity contribution in [2.75, 3.05) is 0 Å². The molecule has 0 unspecified atom stereocenters. The summed E-state index contributed by atoms with van der Waals surface area (Å²) in [5, 5.41) is 11.4. The Bertz CT molecular complexity index is 4060. The molecule has 0 saturated heterocycles. The van der Waals surface area contributed by atoms with Crippen LogP contribution >= 0.6 is 0 Å². The van der Waals surface area contributed by atoms with Crippen LogP contribution in [0.15, 0.2) is 213 Å². The SMILES string of the molecule is CC(C)(C)c1ccc(-n2c(-c3cc4ccccc4c4ccccc34)nc3c4cccnc4c4ncccc4c32)cc1.[Cl-].[Cl-].[Ru+].[Ru].c1cnc2c(c1)ccc1cccnc12.c1cnc2c(c1)ccc1cccnc12. The largest absolute Gasteiger partial charge is 1.00 e. The Labute approximate surface area is 459 Å². The number of aromatic nitrogens is 8. The molecule has 7 aromatic heterocycles. The molecular weight excluding hydrogens is 1120 g/mol. The van der Waals surface area contributed by atoms with E-state index in [1.165, 1.54) is 27.1 Å². The minimum Gasteiger partial charge on any atom is -1.00 e. The van der Waals surface area contributed by atoms with Gasteiger partial charge in [-0.2, -0.15) is 0 Å². The zero-order chi connectivity index (χ0) is 46.5. The quantitative estimate of drug-likeness (QED) is 0.126. The summed E-state index contributed by atoms with van der Waals surface area (Å²) in [6.07, 6.45) is 10.9. The van der Waals surface area contributed by atoms with E-state index in [9.17, 15) is 0 Å². The van der Waals surface area contributed by atoms with Gasteiger partial charge in [0.05, 0.1) is 44.1 Å². The van der Waals surface area contributed by atoms with Crippen molar-refractivity contribution in [3.63, 3.8) is 0 Å². The zero-order valence-corrected chi connectivity index (χ0v) is 44.7. The molecule has 0 aliphatic carbocycles. The van der Waals surface area contributed by atoms with E-state index in [-0.39, 0.29) is 69.2 Å². The smallest absolute Gasteiger partial charge is 1.00 e. The van der Waals surface area contributed by atoms with Crippen LogP contribution in [0.2, 0.25) is 0 Å². The van der Waals surface area contributed by atoms with Gasteiger partial charge in [-0.25, -0.2) is 4.98 Å². The number of rotatable bonds is 2. The molecule has 0 atom stereocenters. The van der Waals surface area contributed by atoms with Crippen molar-refractivity contribution in [1.82, 2.24) is 39.5 Å². The van der Waals surface area contributed by atoms with Gasteiger partial charge in [0.1, 0.15) is 5.82 Å². The molecule has 7 aromatic carbocycles. The summed E-state index contributed by atoms with van der Waals surface area (Å²) >= 11 is 0. The molecule has 0 aliphatic heterocycles. The Kier molecular flexibility index (Phi) is 15.6. The molecule has 359 valence electrons. The van der Waals surface area contributed by atoms with Crippen LogP contribution in [0.3, 0.4) is 0 Å². The van der Waals surface area contributed by atoms with Crippen molar-refractivity contribution in [2.24, 2.45) is 0 Å². The fraction of sp³-hybridized carbons (Fsp3) is 0.0656. The van der Waals surface area contributed by atoms with Crippen LogP contribution in [0.25, 0.3) is 115 Å². The van der Waals surface area contributed by atoms with Crippen LogP contribution in [0.1, 0.15) is 26.3 Å². The Morgan fingerprint density at radius 2 is 0.740 bits per heavy atom. The van der Waals surface area contributed by atoms with E-state index < -0.39 is 0 Å². The number of pyridine rings is 6. The first-order chi connectivity index (χ1) is 33.9. The third-order valence-corrected chi connectivity index (χ3v) is 12.9. The third-order valence-electron chi connectivity index (χ3n) is 12.9. The molecule has 14 rings (SSSR count). The number of halogens is 2. The van der Waals surface area contributed by atoms with E-state index in [1.807, 2.05) is 48.8 Å². The predicted molar refractivity (Wildman–Crippen MR) is 285 cm³/mol. The summed E-state index contributed by atoms with van der Waals surface area (Å²) in [4.78, 5) is 32.4. The molecule has 73 heavy (non-hydrogen) atoms. The van der Waals surface area contributed by atoms with Crippen LogP contribution in [0.5, 0.6) is 0 Å². The van der Waals surface area contributed by atoms with Gasteiger partial charge < -0.3 is 24.8 Å². The predicted octanol–water partition coefficient (Wildman–Crippen LogP) is 8.96. The van der Waals surface area contributed by atoms with Crippen molar-refractivity contribution >= 4 is 98.0 Å². The number of hydrogen-bond donors (Lipinski definition) is 0. The summed E-state index contributed by atoms with van der Waals surface area (Å²) in [5.41, 5.74) is 11.2. The number of hydrogen-bond acceptors (Lipinski definition) is 7. The van der Waals surface area contributed by atoms with Crippen LogP contribution in [-0.2, 0) is 44.4 Å². The molecule has 12 heteroatoms. The molecule has 0 N–H and O–H groups in total. The second-order valence-electron chi connectivity index (χ2n) is 18.2. The Morgan fingerprint density at radius 1 is 0.356 bits per heavy atom. The topological polar surface area (TPSA) is 95.2 Å². The van der Waals surface area contributed by atoms with Gasteiger partial charge >= 0.3 is 19.5 Å². The van der Waals surface area contributed by atoms with E-state index >= 15 is 0 Å². The molecular formula is C61H44Cl2N8Ru2-. The van der Waals surface area contributed by atoms with E-state index in [4.69, 9.17) is 15.0 Å². The summed E-state index contributed by atoms with van der Waals surface area (Å²) in [5.74, 6) is 0.909. The molecule has 7 heterocycles. The summed E-state index contributed by atoms with van der Waals surface area (Å²) in [6, 6.07) is 61.0. The number of nitrogens with zero attached hydrogens (tertiary/aromatic N) is 8. The first kappa shape index (κ1) is 52.1. The van der Waals surface area contributed by atoms with Gasteiger partial charge in [-0.05, 0) is 99.3 Å². The second-order valence-corrected chi connectivity index (χ2v) is 18.2. The van der Waals surface area contributed by atoms with Gasteiger partial charge in [0, 0.05) is 100 Å². The number of benzene rings is 7. The van der Waals surface area contributed by atoms with Crippen LogP contribution in [-0.4, -0.2) is 39.5 Å². The van der Waals surface area contributed by atoms with Crippen molar-refractivity contribution < 1.29 is 63.8 Å². The first-order valence-corrected chi connectivity index (χ1v) is 23.1. The monoisotopic (exact) mass is 1160 g/mol. The third kappa shape index (κ3) is 9.65. The van der Waals surface area contributed by atoms with Gasteiger partial charge in [-0.15, -0.1) is 0 Å². The maximum absolute atomic E-state index is 5.46. The van der Waals surface area contributed by atoms with Crippen molar-refractivity contribution in [3.05, 3.63) is 219 Å². The minimum absolute atomic E-state index is 0. The molecule has 14 aromatic rings. The van der Waals surface area contributed by atoms with Crippen LogP contribution in [0.4, 0.5) is 0 Å². The van der Waals surface area contributed by atoms with Crippen molar-refractivity contribution in [1.29, 1.82) is 0 Å². The fourth-order valence-corrected chi connectivity index (χ4v) is 9.57. The van der Waals surface area contributed by atoms with Gasteiger partial charge in [0.2, 0.25) is 0 Å².